The number of carboxylic acid groups (broad SMARTS) is 1. The molecular formula is C10H12O4. The molecule has 1 aliphatic rings. The van der Waals surface area contributed by atoms with Gasteiger partial charge in [0.1, 0.15) is 0 Å². The maximum absolute atomic E-state index is 10.9. The van der Waals surface area contributed by atoms with Crippen LogP contribution in [-0.2, 0) is 9.59 Å². The third kappa shape index (κ3) is 2.29. The Labute approximate surface area is 81.6 Å². The fourth-order valence-electron chi connectivity index (χ4n) is 1.33. The van der Waals surface area contributed by atoms with Crippen molar-refractivity contribution < 1.29 is 19.8 Å². The van der Waals surface area contributed by atoms with Crippen molar-refractivity contribution in [3.8, 4) is 0 Å². The van der Waals surface area contributed by atoms with E-state index in [0.717, 1.165) is 0 Å². The second-order valence-corrected chi connectivity index (χ2v) is 3.51. The number of hydrogen-bond donors (Lipinski definition) is 2. The van der Waals surface area contributed by atoms with E-state index in [1.807, 2.05) is 0 Å². The van der Waals surface area contributed by atoms with Crippen molar-refractivity contribution in [3.63, 3.8) is 0 Å². The van der Waals surface area contributed by atoms with Gasteiger partial charge < -0.3 is 10.2 Å². The SMILES string of the molecule is CC1(O)C=CC=CC1CC(=O)C(=O)O. The lowest BCUT2D eigenvalue weighted by molar-refractivity contribution is -0.149. The van der Waals surface area contributed by atoms with E-state index >= 15 is 0 Å². The van der Waals surface area contributed by atoms with E-state index in [2.05, 4.69) is 0 Å². The number of aliphatic carboxylic acids is 1. The first-order chi connectivity index (χ1) is 6.43. The smallest absolute Gasteiger partial charge is 0.372 e. The van der Waals surface area contributed by atoms with Gasteiger partial charge in [0.2, 0.25) is 5.78 Å². The highest BCUT2D eigenvalue weighted by Gasteiger charge is 2.31. The second-order valence-electron chi connectivity index (χ2n) is 3.51. The van der Waals surface area contributed by atoms with Crippen LogP contribution in [0.1, 0.15) is 13.3 Å². The van der Waals surface area contributed by atoms with E-state index in [9.17, 15) is 14.7 Å². The minimum Gasteiger partial charge on any atom is -0.476 e. The summed E-state index contributed by atoms with van der Waals surface area (Å²) in [6.07, 6.45) is 6.37. The van der Waals surface area contributed by atoms with Crippen molar-refractivity contribution in [2.45, 2.75) is 18.9 Å². The molecule has 0 radical (unpaired) electrons. The molecule has 2 atom stereocenters. The van der Waals surface area contributed by atoms with Crippen LogP contribution in [0.5, 0.6) is 0 Å². The van der Waals surface area contributed by atoms with Crippen LogP contribution >= 0.6 is 0 Å². The lowest BCUT2D eigenvalue weighted by Crippen LogP contribution is -2.35. The topological polar surface area (TPSA) is 74.6 Å². The summed E-state index contributed by atoms with van der Waals surface area (Å²) in [4.78, 5) is 21.2. The van der Waals surface area contributed by atoms with Gasteiger partial charge in [-0.15, -0.1) is 0 Å². The number of Topliss-reactive ketones (excluding diaryl/α,β-unsaturated/α-hetero) is 1. The average molecular weight is 196 g/mol. The van der Waals surface area contributed by atoms with Crippen molar-refractivity contribution >= 4 is 11.8 Å². The highest BCUT2D eigenvalue weighted by atomic mass is 16.4. The quantitative estimate of drug-likeness (QED) is 0.645. The predicted octanol–water partition coefficient (Wildman–Crippen LogP) is 0.523. The van der Waals surface area contributed by atoms with Gasteiger partial charge in [-0.1, -0.05) is 24.3 Å². The average Bonchev–Trinajstić information content (AvgIpc) is 2.08. The molecule has 76 valence electrons. The van der Waals surface area contributed by atoms with E-state index in [4.69, 9.17) is 5.11 Å². The van der Waals surface area contributed by atoms with Crippen LogP contribution in [0.3, 0.4) is 0 Å². The van der Waals surface area contributed by atoms with Gasteiger partial charge in [-0.05, 0) is 6.92 Å². The highest BCUT2D eigenvalue weighted by Crippen LogP contribution is 2.26. The Morgan fingerprint density at radius 3 is 2.57 bits per heavy atom. The summed E-state index contributed by atoms with van der Waals surface area (Å²) in [5.41, 5.74) is -1.14. The molecule has 0 aromatic rings. The van der Waals surface area contributed by atoms with Crippen LogP contribution < -0.4 is 0 Å². The minimum atomic E-state index is -1.45. The number of ketones is 1. The van der Waals surface area contributed by atoms with Gasteiger partial charge in [-0.3, -0.25) is 4.79 Å². The molecule has 4 heteroatoms. The van der Waals surface area contributed by atoms with Crippen molar-refractivity contribution in [3.05, 3.63) is 24.3 Å². The van der Waals surface area contributed by atoms with E-state index in [0.29, 0.717) is 0 Å². The molecule has 0 fully saturated rings. The Balaban J connectivity index is 2.70. The first-order valence-corrected chi connectivity index (χ1v) is 4.28. The summed E-state index contributed by atoms with van der Waals surface area (Å²) in [5, 5.41) is 18.2. The number of carbonyl (C=O) groups excluding carboxylic acids is 1. The molecule has 0 bridgehead atoms. The standard InChI is InChI=1S/C10H12O4/c1-10(14)5-3-2-4-7(10)6-8(11)9(12)13/h2-5,7,14H,6H2,1H3,(H,12,13). The van der Waals surface area contributed by atoms with Crippen molar-refractivity contribution in [1.29, 1.82) is 0 Å². The van der Waals surface area contributed by atoms with Gasteiger partial charge >= 0.3 is 5.97 Å². The third-order valence-electron chi connectivity index (χ3n) is 2.28. The fraction of sp³-hybridized carbons (Fsp3) is 0.400. The molecule has 14 heavy (non-hydrogen) atoms. The van der Waals surface area contributed by atoms with Gasteiger partial charge in [-0.25, -0.2) is 4.79 Å². The zero-order valence-corrected chi connectivity index (χ0v) is 7.80. The van der Waals surface area contributed by atoms with Crippen molar-refractivity contribution in [2.75, 3.05) is 0 Å². The van der Waals surface area contributed by atoms with Gasteiger partial charge in [0.25, 0.3) is 0 Å². The Kier molecular flexibility index (Phi) is 2.86. The summed E-state index contributed by atoms with van der Waals surface area (Å²) in [5.74, 6) is -2.80. The molecule has 0 saturated heterocycles. The number of allylic oxidation sites excluding steroid dienone is 2. The first kappa shape index (κ1) is 10.7. The predicted molar refractivity (Wildman–Crippen MR) is 49.7 cm³/mol. The van der Waals surface area contributed by atoms with Gasteiger partial charge in [-0.2, -0.15) is 0 Å². The number of carboxylic acids is 1. The maximum Gasteiger partial charge on any atom is 0.372 e. The molecule has 0 amide bonds. The Hall–Kier alpha value is -1.42. The molecule has 0 saturated carbocycles. The molecule has 4 nitrogen and oxygen atoms in total. The van der Waals surface area contributed by atoms with E-state index < -0.39 is 23.3 Å². The molecule has 1 aliphatic carbocycles. The maximum atomic E-state index is 10.9. The van der Waals surface area contributed by atoms with Crippen molar-refractivity contribution in [1.82, 2.24) is 0 Å². The zero-order valence-electron chi connectivity index (χ0n) is 7.80. The third-order valence-corrected chi connectivity index (χ3v) is 2.28. The number of hydrogen-bond acceptors (Lipinski definition) is 3. The summed E-state index contributed by atoms with van der Waals surface area (Å²) in [6, 6.07) is 0. The Morgan fingerprint density at radius 2 is 2.07 bits per heavy atom. The van der Waals surface area contributed by atoms with Crippen LogP contribution in [0.2, 0.25) is 0 Å². The summed E-state index contributed by atoms with van der Waals surface area (Å²) >= 11 is 0. The molecule has 0 aromatic heterocycles. The monoisotopic (exact) mass is 196 g/mol. The first-order valence-electron chi connectivity index (χ1n) is 4.28. The van der Waals surface area contributed by atoms with Crippen molar-refractivity contribution in [2.24, 2.45) is 5.92 Å². The zero-order chi connectivity index (χ0) is 10.8. The Morgan fingerprint density at radius 1 is 1.43 bits per heavy atom. The molecular weight excluding hydrogens is 184 g/mol. The van der Waals surface area contributed by atoms with Gasteiger partial charge in [0.05, 0.1) is 5.60 Å². The van der Waals surface area contributed by atoms with Gasteiger partial charge in [0, 0.05) is 12.3 Å². The number of aliphatic hydroxyl groups is 1. The Bertz CT molecular complexity index is 312. The summed E-state index contributed by atoms with van der Waals surface area (Å²) in [7, 11) is 0. The molecule has 0 heterocycles. The number of rotatable bonds is 3. The normalized spacial score (nSPS) is 30.3. The molecule has 0 spiro atoms. The minimum absolute atomic E-state index is 0.177. The fourth-order valence-corrected chi connectivity index (χ4v) is 1.33. The lowest BCUT2D eigenvalue weighted by Gasteiger charge is -2.28. The molecule has 2 N–H and O–H groups in total. The van der Waals surface area contributed by atoms with E-state index in [-0.39, 0.29) is 6.42 Å². The molecule has 0 aromatic carbocycles. The second kappa shape index (κ2) is 3.75. The lowest BCUT2D eigenvalue weighted by atomic mass is 9.82. The van der Waals surface area contributed by atoms with E-state index in [1.165, 1.54) is 0 Å². The summed E-state index contributed by atoms with van der Waals surface area (Å²) < 4.78 is 0. The highest BCUT2D eigenvalue weighted by molar-refractivity contribution is 6.32. The van der Waals surface area contributed by atoms with E-state index in [1.54, 1.807) is 31.2 Å². The van der Waals surface area contributed by atoms with Crippen LogP contribution in [0.25, 0.3) is 0 Å². The van der Waals surface area contributed by atoms with Crippen LogP contribution in [0.15, 0.2) is 24.3 Å². The molecule has 2 unspecified atom stereocenters. The van der Waals surface area contributed by atoms with Crippen LogP contribution in [-0.4, -0.2) is 27.6 Å². The molecule has 1 rings (SSSR count). The largest absolute Gasteiger partial charge is 0.476 e. The van der Waals surface area contributed by atoms with Crippen LogP contribution in [0, 0.1) is 5.92 Å². The van der Waals surface area contributed by atoms with Crippen LogP contribution in [0.4, 0.5) is 0 Å². The summed E-state index contributed by atoms with van der Waals surface area (Å²) in [6.45, 7) is 1.55. The molecule has 0 aliphatic heterocycles. The van der Waals surface area contributed by atoms with Gasteiger partial charge in [0.15, 0.2) is 0 Å². The number of carbonyl (C=O) groups is 2.